The average molecular weight is 303 g/mol. The first kappa shape index (κ1) is 20.1. The Bertz CT molecular complexity index is 195. The van der Waals surface area contributed by atoms with Crippen molar-refractivity contribution < 1.29 is 0 Å². The van der Waals surface area contributed by atoms with Crippen LogP contribution in [0.3, 0.4) is 0 Å². The van der Waals surface area contributed by atoms with Crippen LogP contribution in [0.25, 0.3) is 0 Å². The van der Waals surface area contributed by atoms with E-state index in [1.54, 1.807) is 0 Å². The molecule has 0 heterocycles. The summed E-state index contributed by atoms with van der Waals surface area (Å²) < 4.78 is 8.09. The van der Waals surface area contributed by atoms with E-state index < -0.39 is 8.72 Å². The molecule has 0 rings (SSSR count). The number of nitrogens with zero attached hydrogens (tertiary/aromatic N) is 3. The number of hydrogen-bond acceptors (Lipinski definition) is 4. The first-order valence-corrected chi connectivity index (χ1v) is 10.5. The molecule has 5 heteroatoms. The minimum Gasteiger partial charge on any atom is -0.300 e. The van der Waals surface area contributed by atoms with E-state index >= 15 is 0 Å². The molecule has 0 aromatic rings. The van der Waals surface area contributed by atoms with E-state index in [1.165, 1.54) is 6.42 Å². The lowest BCUT2D eigenvalue weighted by Gasteiger charge is -2.52. The van der Waals surface area contributed by atoms with Gasteiger partial charge in [-0.1, -0.05) is 48.5 Å². The minimum absolute atomic E-state index is 1.11. The van der Waals surface area contributed by atoms with Crippen LogP contribution >= 0.6 is 0 Å². The molecular formula is C15H38N4Si. The average Bonchev–Trinajstić information content (AvgIpc) is 2.48. The summed E-state index contributed by atoms with van der Waals surface area (Å²) in [5.41, 5.74) is 0. The first-order chi connectivity index (χ1) is 9.62. The maximum absolute atomic E-state index is 4.01. The van der Waals surface area contributed by atoms with Gasteiger partial charge in [0.1, 0.15) is 0 Å². The normalized spacial score (nSPS) is 12.9. The second-order valence-electron chi connectivity index (χ2n) is 5.08. The molecule has 122 valence electrons. The van der Waals surface area contributed by atoms with Crippen molar-refractivity contribution in [2.75, 3.05) is 45.8 Å². The molecule has 0 bridgehead atoms. The molecule has 0 radical (unpaired) electrons. The van der Waals surface area contributed by atoms with E-state index in [4.69, 9.17) is 0 Å². The van der Waals surface area contributed by atoms with Gasteiger partial charge in [0.25, 0.3) is 0 Å². The Balaban J connectivity index is 5.70. The van der Waals surface area contributed by atoms with Gasteiger partial charge in [-0.05, 0) is 52.2 Å². The molecule has 0 atom stereocenters. The maximum atomic E-state index is 4.01. The Kier molecular flexibility index (Phi) is 10.8. The number of nitrogens with one attached hydrogen (secondary N) is 1. The van der Waals surface area contributed by atoms with E-state index in [0.29, 0.717) is 0 Å². The van der Waals surface area contributed by atoms with Crippen LogP contribution in [-0.4, -0.2) is 68.2 Å². The largest absolute Gasteiger partial charge is 0.374 e. The summed E-state index contributed by atoms with van der Waals surface area (Å²) in [5.74, 6) is 0. The van der Waals surface area contributed by atoms with Crippen LogP contribution in [-0.2, 0) is 0 Å². The second-order valence-corrected chi connectivity index (χ2v) is 8.60. The number of hydrogen-bond donors (Lipinski definition) is 1. The summed E-state index contributed by atoms with van der Waals surface area (Å²) in [7, 11) is -1.95. The monoisotopic (exact) mass is 302 g/mol. The maximum Gasteiger partial charge on any atom is 0.374 e. The molecule has 0 aliphatic rings. The zero-order valence-electron chi connectivity index (χ0n) is 15.0. The Morgan fingerprint density at radius 3 is 1.10 bits per heavy atom. The van der Waals surface area contributed by atoms with Crippen molar-refractivity contribution in [2.24, 2.45) is 0 Å². The predicted molar refractivity (Wildman–Crippen MR) is 92.8 cm³/mol. The quantitative estimate of drug-likeness (QED) is 0.559. The molecule has 4 nitrogen and oxygen atoms in total. The van der Waals surface area contributed by atoms with E-state index in [9.17, 15) is 0 Å². The SMILES string of the molecule is CCCN[Si](N(CC)CC)(N(CC)CC)N(CC)CC. The lowest BCUT2D eigenvalue weighted by Crippen LogP contribution is -2.82. The highest BCUT2D eigenvalue weighted by Crippen LogP contribution is 2.18. The molecule has 0 amide bonds. The van der Waals surface area contributed by atoms with Crippen LogP contribution in [0.2, 0.25) is 0 Å². The van der Waals surface area contributed by atoms with Gasteiger partial charge in [0, 0.05) is 0 Å². The van der Waals surface area contributed by atoms with Crippen molar-refractivity contribution in [1.29, 1.82) is 0 Å². The fourth-order valence-electron chi connectivity index (χ4n) is 3.22. The second kappa shape index (κ2) is 10.7. The van der Waals surface area contributed by atoms with Crippen molar-refractivity contribution in [3.8, 4) is 0 Å². The Morgan fingerprint density at radius 2 is 0.900 bits per heavy atom. The molecule has 1 N–H and O–H groups in total. The van der Waals surface area contributed by atoms with E-state index in [-0.39, 0.29) is 0 Å². The molecule has 0 saturated carbocycles. The van der Waals surface area contributed by atoms with Crippen molar-refractivity contribution in [1.82, 2.24) is 18.7 Å². The summed E-state index contributed by atoms with van der Waals surface area (Å²) in [6.45, 7) is 23.9. The van der Waals surface area contributed by atoms with Crippen molar-refractivity contribution in [3.63, 3.8) is 0 Å². The molecule has 0 aliphatic carbocycles. The van der Waals surface area contributed by atoms with Crippen LogP contribution in [0.15, 0.2) is 0 Å². The van der Waals surface area contributed by atoms with Gasteiger partial charge in [-0.2, -0.15) is 0 Å². The fourth-order valence-corrected chi connectivity index (χ4v) is 8.32. The van der Waals surface area contributed by atoms with E-state index in [2.05, 4.69) is 67.1 Å². The summed E-state index contributed by atoms with van der Waals surface area (Å²) in [6, 6.07) is 0. The molecule has 0 spiro atoms. The topological polar surface area (TPSA) is 21.8 Å². The zero-order chi connectivity index (χ0) is 15.6. The van der Waals surface area contributed by atoms with Crippen LogP contribution in [0.1, 0.15) is 54.9 Å². The Morgan fingerprint density at radius 1 is 0.600 bits per heavy atom. The van der Waals surface area contributed by atoms with Crippen LogP contribution in [0, 0.1) is 0 Å². The van der Waals surface area contributed by atoms with Crippen molar-refractivity contribution in [2.45, 2.75) is 54.9 Å². The molecule has 0 saturated heterocycles. The highest BCUT2D eigenvalue weighted by Gasteiger charge is 2.48. The van der Waals surface area contributed by atoms with Gasteiger partial charge in [-0.25, -0.2) is 0 Å². The van der Waals surface area contributed by atoms with Crippen LogP contribution in [0.4, 0.5) is 0 Å². The Hall–Kier alpha value is 0.0569. The van der Waals surface area contributed by atoms with Crippen LogP contribution < -0.4 is 4.98 Å². The van der Waals surface area contributed by atoms with Gasteiger partial charge < -0.3 is 4.98 Å². The van der Waals surface area contributed by atoms with Gasteiger partial charge in [0.05, 0.1) is 0 Å². The lowest BCUT2D eigenvalue weighted by atomic mass is 10.5. The highest BCUT2D eigenvalue weighted by atomic mass is 28.4. The number of rotatable bonds is 12. The van der Waals surface area contributed by atoms with E-state index in [1.807, 2.05) is 0 Å². The third-order valence-electron chi connectivity index (χ3n) is 4.23. The molecule has 0 unspecified atom stereocenters. The molecular weight excluding hydrogens is 264 g/mol. The van der Waals surface area contributed by atoms with E-state index in [0.717, 1.165) is 45.8 Å². The third-order valence-corrected chi connectivity index (χ3v) is 9.49. The molecule has 0 aromatic carbocycles. The summed E-state index contributed by atoms with van der Waals surface area (Å²) in [6.07, 6.45) is 1.19. The summed E-state index contributed by atoms with van der Waals surface area (Å²) in [4.78, 5) is 4.01. The summed E-state index contributed by atoms with van der Waals surface area (Å²) in [5, 5.41) is 0. The molecule has 0 aromatic heterocycles. The predicted octanol–water partition coefficient (Wildman–Crippen LogP) is 2.45. The van der Waals surface area contributed by atoms with Gasteiger partial charge in [0.15, 0.2) is 0 Å². The molecule has 20 heavy (non-hydrogen) atoms. The van der Waals surface area contributed by atoms with Gasteiger partial charge in [0.2, 0.25) is 0 Å². The van der Waals surface area contributed by atoms with Gasteiger partial charge >= 0.3 is 8.72 Å². The molecule has 0 fully saturated rings. The zero-order valence-corrected chi connectivity index (χ0v) is 16.0. The highest BCUT2D eigenvalue weighted by molar-refractivity contribution is 6.69. The Labute approximate surface area is 128 Å². The first-order valence-electron chi connectivity index (χ1n) is 8.62. The standard InChI is InChI=1S/C15H38N4Si/c1-8-15-16-20(17(9-2)10-3,18(11-4)12-5)19(13-6)14-7/h16H,8-15H2,1-7H3. The smallest absolute Gasteiger partial charge is 0.300 e. The van der Waals surface area contributed by atoms with Crippen LogP contribution in [0.5, 0.6) is 0 Å². The lowest BCUT2D eigenvalue weighted by molar-refractivity contribution is 0.247. The fraction of sp³-hybridized carbons (Fsp3) is 1.00. The third kappa shape index (κ3) is 4.27. The van der Waals surface area contributed by atoms with Crippen molar-refractivity contribution >= 4 is 8.72 Å². The minimum atomic E-state index is -1.95. The van der Waals surface area contributed by atoms with Gasteiger partial charge in [-0.3, -0.25) is 13.7 Å². The molecule has 0 aliphatic heterocycles. The summed E-state index contributed by atoms with van der Waals surface area (Å²) >= 11 is 0. The van der Waals surface area contributed by atoms with Crippen molar-refractivity contribution in [3.05, 3.63) is 0 Å². The van der Waals surface area contributed by atoms with Gasteiger partial charge in [-0.15, -0.1) is 0 Å².